The van der Waals surface area contributed by atoms with Crippen LogP contribution in [0.2, 0.25) is 0 Å². The molecule has 1 amide bonds. The van der Waals surface area contributed by atoms with Crippen molar-refractivity contribution in [3.63, 3.8) is 0 Å². The number of aliphatic imine (C=N–C) groups is 1. The second kappa shape index (κ2) is 10.3. The van der Waals surface area contributed by atoms with Crippen LogP contribution in [0.5, 0.6) is 5.88 Å². The Labute approximate surface area is 225 Å². The molecule has 0 unspecified atom stereocenters. The van der Waals surface area contributed by atoms with Crippen LogP contribution in [0.4, 0.5) is 11.5 Å². The van der Waals surface area contributed by atoms with Crippen LogP contribution in [0, 0.1) is 5.92 Å². The van der Waals surface area contributed by atoms with E-state index in [1.54, 1.807) is 18.7 Å². The van der Waals surface area contributed by atoms with Crippen molar-refractivity contribution >= 4 is 23.1 Å². The minimum atomic E-state index is -1.29. The van der Waals surface area contributed by atoms with Gasteiger partial charge in [-0.2, -0.15) is 4.98 Å². The zero-order chi connectivity index (χ0) is 27.1. The molecule has 38 heavy (non-hydrogen) atoms. The van der Waals surface area contributed by atoms with E-state index in [0.717, 1.165) is 30.9 Å². The molecular weight excluding hydrogens is 480 g/mol. The largest absolute Gasteiger partial charge is 0.463 e. The number of piperazine rings is 1. The van der Waals surface area contributed by atoms with Gasteiger partial charge in [-0.15, -0.1) is 0 Å². The van der Waals surface area contributed by atoms with Gasteiger partial charge in [-0.05, 0) is 70.8 Å². The number of benzene rings is 1. The SMILES string of the molecule is CC(C)(O)C(=O)N1CCN(C[C@H]2CC[C@H](c3ccc(C4=Nc5c(N)ncnc5OC4(C)C)cc3)CC2)CC1. The molecule has 1 aliphatic carbocycles. The lowest BCUT2D eigenvalue weighted by molar-refractivity contribution is -0.149. The molecule has 0 spiro atoms. The number of aromatic nitrogens is 2. The van der Waals surface area contributed by atoms with Gasteiger partial charge in [-0.25, -0.2) is 9.98 Å². The van der Waals surface area contributed by atoms with Crippen molar-refractivity contribution in [2.24, 2.45) is 10.9 Å². The number of rotatable bonds is 5. The minimum absolute atomic E-state index is 0.168. The van der Waals surface area contributed by atoms with Crippen LogP contribution in [0.3, 0.4) is 0 Å². The maximum atomic E-state index is 12.3. The van der Waals surface area contributed by atoms with Crippen molar-refractivity contribution in [1.29, 1.82) is 0 Å². The van der Waals surface area contributed by atoms with Gasteiger partial charge in [0.2, 0.25) is 5.88 Å². The van der Waals surface area contributed by atoms with Gasteiger partial charge in [0.15, 0.2) is 11.5 Å². The Morgan fingerprint density at radius 3 is 2.37 bits per heavy atom. The number of carbonyl (C=O) groups is 1. The summed E-state index contributed by atoms with van der Waals surface area (Å²) < 4.78 is 6.12. The smallest absolute Gasteiger partial charge is 0.254 e. The van der Waals surface area contributed by atoms with E-state index in [2.05, 4.69) is 39.1 Å². The van der Waals surface area contributed by atoms with Crippen LogP contribution in [-0.2, 0) is 4.79 Å². The summed E-state index contributed by atoms with van der Waals surface area (Å²) in [5.74, 6) is 1.84. The topological polar surface area (TPSA) is 117 Å². The Hall–Kier alpha value is -3.04. The van der Waals surface area contributed by atoms with Crippen molar-refractivity contribution in [1.82, 2.24) is 19.8 Å². The number of ether oxygens (including phenoxy) is 1. The Kier molecular flexibility index (Phi) is 7.17. The zero-order valence-electron chi connectivity index (χ0n) is 23.0. The molecule has 9 nitrogen and oxygen atoms in total. The number of anilines is 1. The van der Waals surface area contributed by atoms with Gasteiger partial charge in [0.1, 0.15) is 17.5 Å². The molecule has 0 bridgehead atoms. The second-order valence-corrected chi connectivity index (χ2v) is 12.0. The summed E-state index contributed by atoms with van der Waals surface area (Å²) >= 11 is 0. The standard InChI is InChI=1S/C29H40N6O3/c1-28(2,37)27(36)35-15-13-34(14-16-35)17-19-5-7-20(8-6-19)21-9-11-22(12-10-21)24-29(3,4)38-26-23(33-24)25(30)31-18-32-26/h9-12,18-20,37H,5-8,13-17H2,1-4H3,(H2,30,31,32)/t19-,20-. The maximum absolute atomic E-state index is 12.3. The number of nitrogen functional groups attached to an aromatic ring is 1. The molecule has 2 aromatic rings. The number of hydrogen-bond acceptors (Lipinski definition) is 8. The lowest BCUT2D eigenvalue weighted by atomic mass is 9.78. The number of nitrogens with zero attached hydrogens (tertiary/aromatic N) is 5. The lowest BCUT2D eigenvalue weighted by Gasteiger charge is -2.39. The van der Waals surface area contributed by atoms with Crippen LogP contribution in [0.1, 0.15) is 70.4 Å². The Morgan fingerprint density at radius 1 is 1.08 bits per heavy atom. The highest BCUT2D eigenvalue weighted by Gasteiger charge is 2.36. The van der Waals surface area contributed by atoms with Crippen molar-refractivity contribution in [2.45, 2.75) is 70.5 Å². The quantitative estimate of drug-likeness (QED) is 0.619. The molecule has 1 aromatic heterocycles. The number of fused-ring (bicyclic) bond motifs is 1. The van der Waals surface area contributed by atoms with Crippen LogP contribution in [0.15, 0.2) is 35.6 Å². The lowest BCUT2D eigenvalue weighted by Crippen LogP contribution is -2.54. The summed E-state index contributed by atoms with van der Waals surface area (Å²) in [6, 6.07) is 8.76. The summed E-state index contributed by atoms with van der Waals surface area (Å²) in [5.41, 5.74) is 7.83. The van der Waals surface area contributed by atoms with Crippen LogP contribution < -0.4 is 10.5 Å². The van der Waals surface area contributed by atoms with Crippen molar-refractivity contribution in [2.75, 3.05) is 38.5 Å². The van der Waals surface area contributed by atoms with Gasteiger partial charge in [0.25, 0.3) is 5.91 Å². The molecule has 0 radical (unpaired) electrons. The van der Waals surface area contributed by atoms with Crippen molar-refractivity contribution in [3.8, 4) is 5.88 Å². The van der Waals surface area contributed by atoms with Gasteiger partial charge in [0.05, 0.1) is 5.71 Å². The predicted molar refractivity (Wildman–Crippen MR) is 148 cm³/mol. The van der Waals surface area contributed by atoms with E-state index in [4.69, 9.17) is 15.5 Å². The number of amides is 1. The van der Waals surface area contributed by atoms with Gasteiger partial charge < -0.3 is 20.5 Å². The average molecular weight is 521 g/mol. The van der Waals surface area contributed by atoms with Gasteiger partial charge in [-0.3, -0.25) is 9.69 Å². The molecular formula is C29H40N6O3. The van der Waals surface area contributed by atoms with Crippen LogP contribution >= 0.6 is 0 Å². The minimum Gasteiger partial charge on any atom is -0.463 e. The Morgan fingerprint density at radius 2 is 1.74 bits per heavy atom. The van der Waals surface area contributed by atoms with E-state index in [9.17, 15) is 9.90 Å². The molecule has 3 aliphatic rings. The number of hydrogen-bond donors (Lipinski definition) is 2. The van der Waals surface area contributed by atoms with E-state index in [1.165, 1.54) is 37.6 Å². The first kappa shape index (κ1) is 26.6. The third-order valence-electron chi connectivity index (χ3n) is 8.16. The third-order valence-corrected chi connectivity index (χ3v) is 8.16. The van der Waals surface area contributed by atoms with E-state index in [1.807, 2.05) is 13.8 Å². The number of nitrogens with two attached hydrogens (primary N) is 1. The first-order valence-electron chi connectivity index (χ1n) is 13.7. The molecule has 1 aromatic carbocycles. The summed E-state index contributed by atoms with van der Waals surface area (Å²) in [6.45, 7) is 11.4. The molecule has 1 saturated heterocycles. The van der Waals surface area contributed by atoms with Gasteiger partial charge in [0, 0.05) is 38.3 Å². The highest BCUT2D eigenvalue weighted by Crippen LogP contribution is 2.40. The maximum Gasteiger partial charge on any atom is 0.254 e. The van der Waals surface area contributed by atoms with Crippen molar-refractivity contribution in [3.05, 3.63) is 41.7 Å². The molecule has 9 heteroatoms. The fourth-order valence-electron chi connectivity index (χ4n) is 5.98. The Balaban J connectivity index is 1.15. The molecule has 204 valence electrons. The summed E-state index contributed by atoms with van der Waals surface area (Å²) in [5, 5.41) is 10.0. The number of carbonyl (C=O) groups excluding carboxylic acids is 1. The highest BCUT2D eigenvalue weighted by molar-refractivity contribution is 6.09. The van der Waals surface area contributed by atoms with Gasteiger partial charge >= 0.3 is 0 Å². The van der Waals surface area contributed by atoms with E-state index in [0.29, 0.717) is 42.3 Å². The molecule has 3 heterocycles. The molecule has 2 aliphatic heterocycles. The first-order valence-corrected chi connectivity index (χ1v) is 13.7. The van der Waals surface area contributed by atoms with E-state index >= 15 is 0 Å². The fourth-order valence-corrected chi connectivity index (χ4v) is 5.98. The predicted octanol–water partition coefficient (Wildman–Crippen LogP) is 3.54. The summed E-state index contributed by atoms with van der Waals surface area (Å²) in [7, 11) is 0. The Bertz CT molecular complexity index is 1190. The zero-order valence-corrected chi connectivity index (χ0v) is 23.0. The van der Waals surface area contributed by atoms with Crippen LogP contribution in [-0.4, -0.2) is 80.4 Å². The summed E-state index contributed by atoms with van der Waals surface area (Å²) in [4.78, 5) is 29.7. The molecule has 3 N–H and O–H groups in total. The normalized spacial score (nSPS) is 23.8. The molecule has 2 fully saturated rings. The molecule has 1 saturated carbocycles. The summed E-state index contributed by atoms with van der Waals surface area (Å²) in [6.07, 6.45) is 6.23. The van der Waals surface area contributed by atoms with Crippen molar-refractivity contribution < 1.29 is 14.6 Å². The highest BCUT2D eigenvalue weighted by atomic mass is 16.5. The van der Waals surface area contributed by atoms with Crippen LogP contribution in [0.25, 0.3) is 0 Å². The monoisotopic (exact) mass is 520 g/mol. The van der Waals surface area contributed by atoms with E-state index in [-0.39, 0.29) is 5.91 Å². The fraction of sp³-hybridized carbons (Fsp3) is 0.586. The van der Waals surface area contributed by atoms with Gasteiger partial charge in [-0.1, -0.05) is 24.3 Å². The first-order chi connectivity index (χ1) is 18.0. The molecule has 5 rings (SSSR count). The number of aliphatic hydroxyl groups is 1. The molecule has 0 atom stereocenters. The van der Waals surface area contributed by atoms with E-state index < -0.39 is 11.2 Å². The third kappa shape index (κ3) is 5.54. The second-order valence-electron chi connectivity index (χ2n) is 12.0. The average Bonchev–Trinajstić information content (AvgIpc) is 2.88.